The molecule has 0 saturated heterocycles. The maximum absolute atomic E-state index is 13.3. The van der Waals surface area contributed by atoms with E-state index in [0.29, 0.717) is 5.56 Å². The van der Waals surface area contributed by atoms with Crippen LogP contribution in [0.2, 0.25) is 0 Å². The number of para-hydroxylation sites is 1. The molecule has 2 aromatic carbocycles. The Morgan fingerprint density at radius 3 is 2.40 bits per heavy atom. The third-order valence-corrected chi connectivity index (χ3v) is 2.81. The molecular formula is C14H9ClF4O. The van der Waals surface area contributed by atoms with Crippen LogP contribution in [-0.4, -0.2) is 0 Å². The lowest BCUT2D eigenvalue weighted by atomic mass is 10.2. The number of hydrogen-bond acceptors (Lipinski definition) is 1. The minimum atomic E-state index is -4.54. The summed E-state index contributed by atoms with van der Waals surface area (Å²) < 4.78 is 56.8. The monoisotopic (exact) mass is 304 g/mol. The Morgan fingerprint density at radius 1 is 1.05 bits per heavy atom. The molecule has 0 aliphatic carbocycles. The number of rotatable bonds is 3. The molecule has 0 heterocycles. The second-order valence-electron chi connectivity index (χ2n) is 4.02. The van der Waals surface area contributed by atoms with Gasteiger partial charge < -0.3 is 4.74 Å². The SMILES string of the molecule is Fc1cc(CCl)cc(Oc2ccccc2C(F)(F)F)c1. The molecule has 0 fully saturated rings. The zero-order chi connectivity index (χ0) is 14.8. The smallest absolute Gasteiger partial charge is 0.419 e. The van der Waals surface area contributed by atoms with Crippen molar-refractivity contribution in [1.29, 1.82) is 0 Å². The molecule has 0 bridgehead atoms. The average Bonchev–Trinajstić information content (AvgIpc) is 2.37. The molecule has 0 atom stereocenters. The largest absolute Gasteiger partial charge is 0.457 e. The van der Waals surface area contributed by atoms with Crippen LogP contribution in [0.1, 0.15) is 11.1 Å². The molecular weight excluding hydrogens is 296 g/mol. The van der Waals surface area contributed by atoms with Crippen molar-refractivity contribution in [2.45, 2.75) is 12.1 Å². The first-order valence-electron chi connectivity index (χ1n) is 5.59. The van der Waals surface area contributed by atoms with Crippen molar-refractivity contribution in [3.05, 3.63) is 59.4 Å². The van der Waals surface area contributed by atoms with E-state index in [9.17, 15) is 17.6 Å². The lowest BCUT2D eigenvalue weighted by Crippen LogP contribution is -2.06. The van der Waals surface area contributed by atoms with Crippen LogP contribution in [0.25, 0.3) is 0 Å². The van der Waals surface area contributed by atoms with Gasteiger partial charge in [-0.25, -0.2) is 4.39 Å². The summed E-state index contributed by atoms with van der Waals surface area (Å²) in [5.74, 6) is -0.999. The predicted molar refractivity (Wildman–Crippen MR) is 67.5 cm³/mol. The molecule has 0 unspecified atom stereocenters. The van der Waals surface area contributed by atoms with E-state index in [2.05, 4.69) is 0 Å². The Bertz CT molecular complexity index is 610. The molecule has 0 aromatic heterocycles. The normalized spacial score (nSPS) is 11.4. The van der Waals surface area contributed by atoms with Crippen LogP contribution in [0.5, 0.6) is 11.5 Å². The fraction of sp³-hybridized carbons (Fsp3) is 0.143. The van der Waals surface area contributed by atoms with Gasteiger partial charge in [-0.05, 0) is 29.8 Å². The fourth-order valence-electron chi connectivity index (χ4n) is 1.67. The van der Waals surface area contributed by atoms with Gasteiger partial charge in [0.05, 0.1) is 5.56 Å². The highest BCUT2D eigenvalue weighted by Gasteiger charge is 2.34. The van der Waals surface area contributed by atoms with Crippen LogP contribution in [0.4, 0.5) is 17.6 Å². The number of alkyl halides is 4. The average molecular weight is 305 g/mol. The van der Waals surface area contributed by atoms with Gasteiger partial charge in [0, 0.05) is 11.9 Å². The van der Waals surface area contributed by atoms with E-state index < -0.39 is 17.6 Å². The number of benzene rings is 2. The highest BCUT2D eigenvalue weighted by molar-refractivity contribution is 6.17. The van der Waals surface area contributed by atoms with Crippen LogP contribution in [-0.2, 0) is 12.1 Å². The number of hydrogen-bond donors (Lipinski definition) is 0. The molecule has 0 N–H and O–H groups in total. The van der Waals surface area contributed by atoms with Gasteiger partial charge in [-0.3, -0.25) is 0 Å². The van der Waals surface area contributed by atoms with Crippen LogP contribution in [0, 0.1) is 5.82 Å². The zero-order valence-corrected chi connectivity index (χ0v) is 10.8. The molecule has 0 aliphatic heterocycles. The van der Waals surface area contributed by atoms with Crippen molar-refractivity contribution in [3.8, 4) is 11.5 Å². The summed E-state index contributed by atoms with van der Waals surface area (Å²) in [5, 5.41) is 0. The van der Waals surface area contributed by atoms with Crippen molar-refractivity contribution in [3.63, 3.8) is 0 Å². The molecule has 20 heavy (non-hydrogen) atoms. The van der Waals surface area contributed by atoms with Gasteiger partial charge in [-0.1, -0.05) is 12.1 Å². The molecule has 106 valence electrons. The summed E-state index contributed by atoms with van der Waals surface area (Å²) in [7, 11) is 0. The van der Waals surface area contributed by atoms with E-state index in [1.54, 1.807) is 0 Å². The minimum Gasteiger partial charge on any atom is -0.457 e. The summed E-state index contributed by atoms with van der Waals surface area (Å²) in [6, 6.07) is 8.32. The third kappa shape index (κ3) is 3.42. The first-order valence-corrected chi connectivity index (χ1v) is 6.13. The summed E-state index contributed by atoms with van der Waals surface area (Å²) in [6.07, 6.45) is -4.54. The summed E-state index contributed by atoms with van der Waals surface area (Å²) in [5.41, 5.74) is -0.497. The molecule has 0 saturated carbocycles. The standard InChI is InChI=1S/C14H9ClF4O/c15-8-9-5-10(16)7-11(6-9)20-13-4-2-1-3-12(13)14(17,18)19/h1-7H,8H2. The van der Waals surface area contributed by atoms with Gasteiger partial charge in [0.15, 0.2) is 0 Å². The molecule has 0 amide bonds. The molecule has 2 aromatic rings. The van der Waals surface area contributed by atoms with E-state index in [1.807, 2.05) is 0 Å². The fourth-order valence-corrected chi connectivity index (χ4v) is 1.83. The van der Waals surface area contributed by atoms with E-state index >= 15 is 0 Å². The van der Waals surface area contributed by atoms with Gasteiger partial charge >= 0.3 is 6.18 Å². The van der Waals surface area contributed by atoms with Crippen LogP contribution >= 0.6 is 11.6 Å². The van der Waals surface area contributed by atoms with E-state index in [0.717, 1.165) is 12.1 Å². The lowest BCUT2D eigenvalue weighted by molar-refractivity contribution is -0.138. The van der Waals surface area contributed by atoms with Crippen LogP contribution in [0.15, 0.2) is 42.5 Å². The molecule has 1 nitrogen and oxygen atoms in total. The first-order chi connectivity index (χ1) is 9.40. The second kappa shape index (κ2) is 5.71. The van der Waals surface area contributed by atoms with Gasteiger partial charge in [-0.2, -0.15) is 13.2 Å². The molecule has 6 heteroatoms. The number of ether oxygens (including phenoxy) is 1. The zero-order valence-electron chi connectivity index (χ0n) is 10.0. The number of halogens is 5. The predicted octanol–water partition coefficient (Wildman–Crippen LogP) is 5.38. The van der Waals surface area contributed by atoms with Crippen molar-refractivity contribution >= 4 is 11.6 Å². The Balaban J connectivity index is 2.38. The molecule has 0 aliphatic rings. The Hall–Kier alpha value is -1.75. The highest BCUT2D eigenvalue weighted by atomic mass is 35.5. The van der Waals surface area contributed by atoms with Gasteiger partial charge in [-0.15, -0.1) is 11.6 Å². The maximum Gasteiger partial charge on any atom is 0.419 e. The molecule has 2 rings (SSSR count). The van der Waals surface area contributed by atoms with Crippen molar-refractivity contribution in [2.75, 3.05) is 0 Å². The Kier molecular flexibility index (Phi) is 4.18. The van der Waals surface area contributed by atoms with Crippen molar-refractivity contribution in [1.82, 2.24) is 0 Å². The van der Waals surface area contributed by atoms with Gasteiger partial charge in [0.2, 0.25) is 0 Å². The summed E-state index contributed by atoms with van der Waals surface area (Å²) in [6.45, 7) is 0. The summed E-state index contributed by atoms with van der Waals surface area (Å²) in [4.78, 5) is 0. The Morgan fingerprint density at radius 2 is 1.75 bits per heavy atom. The summed E-state index contributed by atoms with van der Waals surface area (Å²) >= 11 is 5.58. The third-order valence-electron chi connectivity index (χ3n) is 2.51. The van der Waals surface area contributed by atoms with Gasteiger partial charge in [0.1, 0.15) is 17.3 Å². The Labute approximate surface area is 117 Å². The quantitative estimate of drug-likeness (QED) is 0.547. The van der Waals surface area contributed by atoms with E-state index in [1.165, 1.54) is 30.3 Å². The van der Waals surface area contributed by atoms with Crippen LogP contribution < -0.4 is 4.74 Å². The topological polar surface area (TPSA) is 9.23 Å². The first kappa shape index (κ1) is 14.7. The maximum atomic E-state index is 13.3. The lowest BCUT2D eigenvalue weighted by Gasteiger charge is -2.13. The second-order valence-corrected chi connectivity index (χ2v) is 4.29. The highest BCUT2D eigenvalue weighted by Crippen LogP contribution is 2.38. The van der Waals surface area contributed by atoms with E-state index in [4.69, 9.17) is 16.3 Å². The van der Waals surface area contributed by atoms with Crippen molar-refractivity contribution in [2.24, 2.45) is 0 Å². The molecule has 0 spiro atoms. The molecule has 0 radical (unpaired) electrons. The van der Waals surface area contributed by atoms with Crippen molar-refractivity contribution < 1.29 is 22.3 Å². The van der Waals surface area contributed by atoms with Gasteiger partial charge in [0.25, 0.3) is 0 Å². The minimum absolute atomic E-state index is 0.0302. The van der Waals surface area contributed by atoms with Crippen LogP contribution in [0.3, 0.4) is 0 Å². The van der Waals surface area contributed by atoms with E-state index in [-0.39, 0.29) is 17.4 Å².